The van der Waals surface area contributed by atoms with Crippen molar-refractivity contribution in [2.45, 2.75) is 0 Å². The highest BCUT2D eigenvalue weighted by atomic mass is 35.5. The summed E-state index contributed by atoms with van der Waals surface area (Å²) in [5, 5.41) is 4.69. The van der Waals surface area contributed by atoms with Crippen molar-refractivity contribution in [3.05, 3.63) is 47.6 Å². The number of nitrogens with one attached hydrogen (secondary N) is 1. The molecule has 0 amide bonds. The van der Waals surface area contributed by atoms with E-state index in [4.69, 9.17) is 21.1 Å². The Bertz CT molecular complexity index is 806. The number of aromatic nitrogens is 2. The molecular weight excluding hydrogens is 302 g/mol. The highest BCUT2D eigenvalue weighted by molar-refractivity contribution is 6.30. The molecule has 0 saturated heterocycles. The van der Waals surface area contributed by atoms with E-state index in [1.165, 1.54) is 0 Å². The van der Waals surface area contributed by atoms with Crippen LogP contribution in [0.25, 0.3) is 10.9 Å². The van der Waals surface area contributed by atoms with Gasteiger partial charge < -0.3 is 14.8 Å². The Kier molecular flexibility index (Phi) is 3.98. The maximum absolute atomic E-state index is 5.87. The Morgan fingerprint density at radius 3 is 2.36 bits per heavy atom. The number of rotatable bonds is 4. The molecule has 6 heteroatoms. The zero-order valence-corrected chi connectivity index (χ0v) is 12.9. The van der Waals surface area contributed by atoms with Crippen LogP contribution < -0.4 is 14.8 Å². The summed E-state index contributed by atoms with van der Waals surface area (Å²) < 4.78 is 10.6. The molecule has 1 heterocycles. The highest BCUT2D eigenvalue weighted by Gasteiger charge is 2.08. The van der Waals surface area contributed by atoms with Gasteiger partial charge in [0.15, 0.2) is 11.5 Å². The molecule has 0 saturated carbocycles. The van der Waals surface area contributed by atoms with Crippen LogP contribution in [0.3, 0.4) is 0 Å². The molecule has 3 rings (SSSR count). The van der Waals surface area contributed by atoms with Gasteiger partial charge in [-0.05, 0) is 30.3 Å². The van der Waals surface area contributed by atoms with Crippen LogP contribution in [0.1, 0.15) is 0 Å². The molecule has 1 aromatic heterocycles. The third-order valence-corrected chi connectivity index (χ3v) is 3.44. The number of hydrogen-bond acceptors (Lipinski definition) is 5. The minimum absolute atomic E-state index is 0.502. The molecule has 0 radical (unpaired) electrons. The van der Waals surface area contributed by atoms with Gasteiger partial charge in [-0.25, -0.2) is 9.97 Å². The largest absolute Gasteiger partial charge is 0.493 e. The first-order chi connectivity index (χ1) is 10.7. The maximum Gasteiger partial charge on any atom is 0.227 e. The van der Waals surface area contributed by atoms with Crippen LogP contribution in [0.5, 0.6) is 11.5 Å². The Hall–Kier alpha value is -2.53. The van der Waals surface area contributed by atoms with Gasteiger partial charge in [-0.15, -0.1) is 0 Å². The predicted octanol–water partition coefficient (Wildman–Crippen LogP) is 4.04. The number of anilines is 2. The van der Waals surface area contributed by atoms with Gasteiger partial charge in [0, 0.05) is 28.4 Å². The number of methoxy groups -OCH3 is 2. The summed E-state index contributed by atoms with van der Waals surface area (Å²) >= 11 is 5.87. The number of hydrogen-bond donors (Lipinski definition) is 1. The average molecular weight is 316 g/mol. The quantitative estimate of drug-likeness (QED) is 0.787. The van der Waals surface area contributed by atoms with Crippen molar-refractivity contribution < 1.29 is 9.47 Å². The highest BCUT2D eigenvalue weighted by Crippen LogP contribution is 2.31. The van der Waals surface area contributed by atoms with E-state index in [-0.39, 0.29) is 0 Å². The molecule has 0 unspecified atom stereocenters. The summed E-state index contributed by atoms with van der Waals surface area (Å²) in [6.07, 6.45) is 1.74. The number of halogens is 1. The second-order valence-corrected chi connectivity index (χ2v) is 5.03. The molecule has 5 nitrogen and oxygen atoms in total. The van der Waals surface area contributed by atoms with Crippen molar-refractivity contribution in [2.24, 2.45) is 0 Å². The van der Waals surface area contributed by atoms with E-state index in [9.17, 15) is 0 Å². The van der Waals surface area contributed by atoms with Crippen molar-refractivity contribution in [1.29, 1.82) is 0 Å². The standard InChI is InChI=1S/C16H14ClN3O2/c1-21-14-7-10-9-18-16(20-13(10)8-15(14)22-2)19-12-5-3-11(17)4-6-12/h3-9H,1-2H3,(H,18,19,20). The fourth-order valence-corrected chi connectivity index (χ4v) is 2.21. The fourth-order valence-electron chi connectivity index (χ4n) is 2.08. The lowest BCUT2D eigenvalue weighted by Gasteiger charge is -2.10. The minimum atomic E-state index is 0.502. The third kappa shape index (κ3) is 2.89. The summed E-state index contributed by atoms with van der Waals surface area (Å²) in [6, 6.07) is 11.0. The third-order valence-electron chi connectivity index (χ3n) is 3.19. The monoisotopic (exact) mass is 315 g/mol. The van der Waals surface area contributed by atoms with Crippen LogP contribution in [-0.2, 0) is 0 Å². The molecule has 0 bridgehead atoms. The van der Waals surface area contributed by atoms with Crippen molar-refractivity contribution in [1.82, 2.24) is 9.97 Å². The van der Waals surface area contributed by atoms with E-state index < -0.39 is 0 Å². The zero-order valence-electron chi connectivity index (χ0n) is 12.1. The second kappa shape index (κ2) is 6.07. The van der Waals surface area contributed by atoms with Crippen LogP contribution in [0.4, 0.5) is 11.6 Å². The smallest absolute Gasteiger partial charge is 0.227 e. The van der Waals surface area contributed by atoms with Crippen molar-refractivity contribution in [3.8, 4) is 11.5 Å². The number of fused-ring (bicyclic) bond motifs is 1. The molecule has 112 valence electrons. The molecule has 0 aliphatic rings. The van der Waals surface area contributed by atoms with Crippen LogP contribution >= 0.6 is 11.6 Å². The zero-order chi connectivity index (χ0) is 15.5. The number of benzene rings is 2. The average Bonchev–Trinajstić information content (AvgIpc) is 2.55. The molecule has 0 aliphatic heterocycles. The second-order valence-electron chi connectivity index (χ2n) is 4.59. The number of ether oxygens (including phenoxy) is 2. The molecule has 0 aliphatic carbocycles. The first kappa shape index (κ1) is 14.4. The van der Waals surface area contributed by atoms with Gasteiger partial charge in [-0.1, -0.05) is 11.6 Å². The summed E-state index contributed by atoms with van der Waals surface area (Å²) in [6.45, 7) is 0. The Balaban J connectivity index is 1.96. The van der Waals surface area contributed by atoms with E-state index in [1.807, 2.05) is 24.3 Å². The van der Waals surface area contributed by atoms with Crippen LogP contribution in [0.2, 0.25) is 5.02 Å². The molecule has 3 aromatic rings. The van der Waals surface area contributed by atoms with Gasteiger partial charge >= 0.3 is 0 Å². The summed E-state index contributed by atoms with van der Waals surface area (Å²) in [7, 11) is 3.19. The van der Waals surface area contributed by atoms with E-state index in [1.54, 1.807) is 32.5 Å². The summed E-state index contributed by atoms with van der Waals surface area (Å²) in [5.74, 6) is 1.78. The topological polar surface area (TPSA) is 56.3 Å². The fraction of sp³-hybridized carbons (Fsp3) is 0.125. The van der Waals surface area contributed by atoms with Crippen LogP contribution in [-0.4, -0.2) is 24.2 Å². The Morgan fingerprint density at radius 2 is 1.68 bits per heavy atom. The Morgan fingerprint density at radius 1 is 1.00 bits per heavy atom. The maximum atomic E-state index is 5.87. The first-order valence-corrected chi connectivity index (χ1v) is 6.99. The van der Waals surface area contributed by atoms with Crippen LogP contribution in [0.15, 0.2) is 42.6 Å². The van der Waals surface area contributed by atoms with Crippen molar-refractivity contribution in [3.63, 3.8) is 0 Å². The van der Waals surface area contributed by atoms with E-state index in [0.717, 1.165) is 16.6 Å². The van der Waals surface area contributed by atoms with E-state index in [0.29, 0.717) is 22.5 Å². The van der Waals surface area contributed by atoms with Gasteiger partial charge in [0.1, 0.15) is 0 Å². The van der Waals surface area contributed by atoms with Gasteiger partial charge in [0.2, 0.25) is 5.95 Å². The Labute approximate surface area is 132 Å². The molecule has 0 spiro atoms. The SMILES string of the molecule is COc1cc2cnc(Nc3ccc(Cl)cc3)nc2cc1OC. The number of nitrogens with zero attached hydrogens (tertiary/aromatic N) is 2. The molecule has 1 N–H and O–H groups in total. The van der Waals surface area contributed by atoms with Crippen LogP contribution in [0, 0.1) is 0 Å². The predicted molar refractivity (Wildman–Crippen MR) is 87.4 cm³/mol. The molecule has 0 fully saturated rings. The molecule has 0 atom stereocenters. The first-order valence-electron chi connectivity index (χ1n) is 6.61. The van der Waals surface area contributed by atoms with Gasteiger partial charge in [-0.2, -0.15) is 0 Å². The summed E-state index contributed by atoms with van der Waals surface area (Å²) in [4.78, 5) is 8.79. The van der Waals surface area contributed by atoms with Crippen molar-refractivity contribution >= 4 is 34.1 Å². The van der Waals surface area contributed by atoms with E-state index in [2.05, 4.69) is 15.3 Å². The van der Waals surface area contributed by atoms with E-state index >= 15 is 0 Å². The van der Waals surface area contributed by atoms with Gasteiger partial charge in [0.05, 0.1) is 19.7 Å². The minimum Gasteiger partial charge on any atom is -0.493 e. The summed E-state index contributed by atoms with van der Waals surface area (Å²) in [5.41, 5.74) is 1.63. The lowest BCUT2D eigenvalue weighted by molar-refractivity contribution is 0.356. The van der Waals surface area contributed by atoms with Crippen molar-refractivity contribution in [2.75, 3.05) is 19.5 Å². The molecular formula is C16H14ClN3O2. The van der Waals surface area contributed by atoms with Gasteiger partial charge in [-0.3, -0.25) is 0 Å². The lowest BCUT2D eigenvalue weighted by Crippen LogP contribution is -1.98. The normalized spacial score (nSPS) is 10.5. The molecule has 2 aromatic carbocycles. The molecule has 22 heavy (non-hydrogen) atoms. The van der Waals surface area contributed by atoms with Gasteiger partial charge in [0.25, 0.3) is 0 Å². The lowest BCUT2D eigenvalue weighted by atomic mass is 10.2.